The number of carboxylic acids is 1. The Morgan fingerprint density at radius 3 is 2.50 bits per heavy atom. The lowest BCUT2D eigenvalue weighted by Gasteiger charge is -2.21. The molecule has 7 nitrogen and oxygen atoms in total. The first-order valence-corrected chi connectivity index (χ1v) is 8.93. The summed E-state index contributed by atoms with van der Waals surface area (Å²) in [6.45, 7) is 0.176. The van der Waals surface area contributed by atoms with Gasteiger partial charge in [-0.2, -0.15) is 0 Å². The van der Waals surface area contributed by atoms with Crippen LogP contribution in [0.25, 0.3) is 0 Å². The Bertz CT molecular complexity index is 614. The molecule has 2 amide bonds. The van der Waals surface area contributed by atoms with Crippen LogP contribution in [0.3, 0.4) is 0 Å². The van der Waals surface area contributed by atoms with Gasteiger partial charge >= 0.3 is 12.1 Å². The van der Waals surface area contributed by atoms with Gasteiger partial charge in [0.25, 0.3) is 0 Å². The average molecular weight is 362 g/mol. The van der Waals surface area contributed by atoms with Gasteiger partial charge in [-0.05, 0) is 18.4 Å². The SMILES string of the molecule is CN(CCC(=O)NC1CCCC1)C(=O)O[C@@H](Cc1ccccc1)C(=O)O. The molecule has 0 aliphatic heterocycles. The van der Waals surface area contributed by atoms with E-state index in [1.54, 1.807) is 24.3 Å². The molecule has 1 aromatic rings. The standard InChI is InChI=1S/C19H26N2O5/c1-21(12-11-17(22)20-15-9-5-6-10-15)19(25)26-16(18(23)24)13-14-7-3-2-4-8-14/h2-4,7-8,15-16H,5-6,9-13H2,1H3,(H,20,22)(H,23,24)/t16-/m0/s1. The molecule has 26 heavy (non-hydrogen) atoms. The Kier molecular flexibility index (Phi) is 7.44. The summed E-state index contributed by atoms with van der Waals surface area (Å²) in [6, 6.07) is 9.22. The molecule has 1 saturated carbocycles. The molecule has 1 fully saturated rings. The van der Waals surface area contributed by atoms with Crippen molar-refractivity contribution < 1.29 is 24.2 Å². The Labute approximate surface area is 153 Å². The summed E-state index contributed by atoms with van der Waals surface area (Å²) < 4.78 is 5.10. The van der Waals surface area contributed by atoms with E-state index in [-0.39, 0.29) is 31.3 Å². The minimum atomic E-state index is -1.26. The first-order valence-electron chi connectivity index (χ1n) is 8.93. The van der Waals surface area contributed by atoms with Crippen molar-refractivity contribution in [3.05, 3.63) is 35.9 Å². The highest BCUT2D eigenvalue weighted by Gasteiger charge is 2.25. The van der Waals surface area contributed by atoms with Crippen LogP contribution in [0.1, 0.15) is 37.7 Å². The zero-order valence-electron chi connectivity index (χ0n) is 15.0. The van der Waals surface area contributed by atoms with Crippen molar-refractivity contribution in [2.75, 3.05) is 13.6 Å². The van der Waals surface area contributed by atoms with Crippen LogP contribution in [-0.2, 0) is 20.7 Å². The second kappa shape index (κ2) is 9.79. The first-order chi connectivity index (χ1) is 12.5. The molecule has 0 radical (unpaired) electrons. The lowest BCUT2D eigenvalue weighted by atomic mass is 10.1. The maximum Gasteiger partial charge on any atom is 0.410 e. The third kappa shape index (κ3) is 6.38. The van der Waals surface area contributed by atoms with Crippen LogP contribution >= 0.6 is 0 Å². The molecule has 2 N–H and O–H groups in total. The molecule has 0 heterocycles. The highest BCUT2D eigenvalue weighted by atomic mass is 16.6. The predicted molar refractivity (Wildman–Crippen MR) is 95.7 cm³/mol. The van der Waals surface area contributed by atoms with Crippen molar-refractivity contribution in [1.29, 1.82) is 0 Å². The summed E-state index contributed by atoms with van der Waals surface area (Å²) >= 11 is 0. The first kappa shape index (κ1) is 19.8. The van der Waals surface area contributed by atoms with E-state index in [4.69, 9.17) is 4.74 Å². The van der Waals surface area contributed by atoms with E-state index >= 15 is 0 Å². The van der Waals surface area contributed by atoms with Crippen molar-refractivity contribution in [3.63, 3.8) is 0 Å². The minimum Gasteiger partial charge on any atom is -0.478 e. The smallest absolute Gasteiger partial charge is 0.410 e. The van der Waals surface area contributed by atoms with E-state index in [0.29, 0.717) is 0 Å². The quantitative estimate of drug-likeness (QED) is 0.739. The Morgan fingerprint density at radius 2 is 1.88 bits per heavy atom. The predicted octanol–water partition coefficient (Wildman–Crippen LogP) is 2.20. The Balaban J connectivity index is 1.78. The molecule has 0 bridgehead atoms. The normalized spacial score (nSPS) is 15.3. The van der Waals surface area contributed by atoms with Gasteiger partial charge in [0.15, 0.2) is 0 Å². The molecule has 1 aliphatic carbocycles. The summed E-state index contributed by atoms with van der Waals surface area (Å²) in [5.74, 6) is -1.30. The fourth-order valence-corrected chi connectivity index (χ4v) is 2.95. The number of ether oxygens (including phenoxy) is 1. The van der Waals surface area contributed by atoms with Gasteiger partial charge < -0.3 is 20.1 Å². The van der Waals surface area contributed by atoms with E-state index in [1.807, 2.05) is 6.07 Å². The topological polar surface area (TPSA) is 95.9 Å². The minimum absolute atomic E-state index is 0.0952. The van der Waals surface area contributed by atoms with Gasteiger partial charge in [0.1, 0.15) is 0 Å². The molecule has 7 heteroatoms. The number of carbonyl (C=O) groups is 3. The van der Waals surface area contributed by atoms with Crippen molar-refractivity contribution in [3.8, 4) is 0 Å². The zero-order valence-corrected chi connectivity index (χ0v) is 15.0. The Morgan fingerprint density at radius 1 is 1.23 bits per heavy atom. The summed E-state index contributed by atoms with van der Waals surface area (Å²) in [5.41, 5.74) is 0.770. The monoisotopic (exact) mass is 362 g/mol. The van der Waals surface area contributed by atoms with Gasteiger partial charge in [0, 0.05) is 32.5 Å². The molecular formula is C19H26N2O5. The number of rotatable bonds is 8. The van der Waals surface area contributed by atoms with Gasteiger partial charge in [0.05, 0.1) is 0 Å². The van der Waals surface area contributed by atoms with Crippen LogP contribution in [0.4, 0.5) is 4.79 Å². The van der Waals surface area contributed by atoms with E-state index in [2.05, 4.69) is 5.32 Å². The Hall–Kier alpha value is -2.57. The summed E-state index contributed by atoms with van der Waals surface area (Å²) in [4.78, 5) is 36.6. The number of hydrogen-bond donors (Lipinski definition) is 2. The lowest BCUT2D eigenvalue weighted by Crippen LogP contribution is -2.39. The highest BCUT2D eigenvalue weighted by molar-refractivity contribution is 5.79. The molecule has 0 saturated heterocycles. The maximum atomic E-state index is 12.1. The highest BCUT2D eigenvalue weighted by Crippen LogP contribution is 2.17. The second-order valence-corrected chi connectivity index (χ2v) is 6.62. The number of amides is 2. The second-order valence-electron chi connectivity index (χ2n) is 6.62. The number of hydrogen-bond acceptors (Lipinski definition) is 4. The average Bonchev–Trinajstić information content (AvgIpc) is 3.12. The van der Waals surface area contributed by atoms with Gasteiger partial charge in [-0.1, -0.05) is 43.2 Å². The van der Waals surface area contributed by atoms with Crippen LogP contribution in [0, 0.1) is 0 Å². The lowest BCUT2D eigenvalue weighted by molar-refractivity contribution is -0.147. The van der Waals surface area contributed by atoms with Gasteiger partial charge in [-0.3, -0.25) is 4.79 Å². The third-order valence-corrected chi connectivity index (χ3v) is 4.49. The van der Waals surface area contributed by atoms with Crippen LogP contribution in [0.5, 0.6) is 0 Å². The molecule has 142 valence electrons. The largest absolute Gasteiger partial charge is 0.478 e. The number of benzene rings is 1. The van der Waals surface area contributed by atoms with Crippen molar-refractivity contribution >= 4 is 18.0 Å². The van der Waals surface area contributed by atoms with Gasteiger partial charge in [-0.15, -0.1) is 0 Å². The molecule has 1 aliphatic rings. The fourth-order valence-electron chi connectivity index (χ4n) is 2.95. The van der Waals surface area contributed by atoms with Crippen molar-refractivity contribution in [2.24, 2.45) is 0 Å². The third-order valence-electron chi connectivity index (χ3n) is 4.49. The molecule has 1 aromatic carbocycles. The summed E-state index contributed by atoms with van der Waals surface area (Å²) in [7, 11) is 1.49. The van der Waals surface area contributed by atoms with Crippen molar-refractivity contribution in [2.45, 2.75) is 50.7 Å². The van der Waals surface area contributed by atoms with Crippen LogP contribution < -0.4 is 5.32 Å². The molecule has 2 rings (SSSR count). The molecule has 1 atom stereocenters. The van der Waals surface area contributed by atoms with E-state index in [1.165, 1.54) is 11.9 Å². The number of carboxylic acid groups (broad SMARTS) is 1. The molecule has 0 unspecified atom stereocenters. The number of aliphatic carboxylic acids is 1. The number of nitrogens with one attached hydrogen (secondary N) is 1. The zero-order chi connectivity index (χ0) is 18.9. The van der Waals surface area contributed by atoms with Crippen LogP contribution in [0.2, 0.25) is 0 Å². The van der Waals surface area contributed by atoms with E-state index in [9.17, 15) is 19.5 Å². The van der Waals surface area contributed by atoms with E-state index < -0.39 is 18.2 Å². The molecular weight excluding hydrogens is 336 g/mol. The van der Waals surface area contributed by atoms with Gasteiger partial charge in [0.2, 0.25) is 12.0 Å². The molecule has 0 aromatic heterocycles. The fraction of sp³-hybridized carbons (Fsp3) is 0.526. The van der Waals surface area contributed by atoms with Crippen LogP contribution in [-0.4, -0.2) is 53.7 Å². The van der Waals surface area contributed by atoms with Gasteiger partial charge in [-0.25, -0.2) is 9.59 Å². The number of nitrogens with zero attached hydrogens (tertiary/aromatic N) is 1. The van der Waals surface area contributed by atoms with Crippen molar-refractivity contribution in [1.82, 2.24) is 10.2 Å². The number of carbonyl (C=O) groups excluding carboxylic acids is 2. The van der Waals surface area contributed by atoms with Crippen LogP contribution in [0.15, 0.2) is 30.3 Å². The molecule has 0 spiro atoms. The summed E-state index contributed by atoms with van der Waals surface area (Å²) in [5, 5.41) is 12.2. The maximum absolute atomic E-state index is 12.1. The van der Waals surface area contributed by atoms with E-state index in [0.717, 1.165) is 31.2 Å². The summed E-state index contributed by atoms with van der Waals surface area (Å²) in [6.07, 6.45) is 2.52.